The largest absolute Gasteiger partial charge is 0.398 e. The number of anilines is 1. The molecule has 0 radical (unpaired) electrons. The Balaban J connectivity index is 1.99. The molecular formula is C15H21FN2O. The van der Waals surface area contributed by atoms with Gasteiger partial charge in [-0.1, -0.05) is 19.3 Å². The Bertz CT molecular complexity index is 455. The summed E-state index contributed by atoms with van der Waals surface area (Å²) in [6, 6.07) is 4.02. The van der Waals surface area contributed by atoms with Crippen molar-refractivity contribution in [3.8, 4) is 0 Å². The maximum Gasteiger partial charge on any atom is 0.253 e. The van der Waals surface area contributed by atoms with Crippen LogP contribution in [0.5, 0.6) is 0 Å². The third-order valence-electron chi connectivity index (χ3n) is 3.97. The Morgan fingerprint density at radius 3 is 2.68 bits per heavy atom. The van der Waals surface area contributed by atoms with Crippen LogP contribution in [0, 0.1) is 11.7 Å². The van der Waals surface area contributed by atoms with Crippen LogP contribution in [0.4, 0.5) is 10.1 Å². The number of nitrogens with one attached hydrogen (secondary N) is 1. The van der Waals surface area contributed by atoms with Crippen molar-refractivity contribution in [2.24, 2.45) is 5.92 Å². The lowest BCUT2D eigenvalue weighted by Crippen LogP contribution is -2.39. The van der Waals surface area contributed by atoms with Crippen LogP contribution in [0.3, 0.4) is 0 Å². The second-order valence-electron chi connectivity index (χ2n) is 5.39. The summed E-state index contributed by atoms with van der Waals surface area (Å²) in [5, 5.41) is 2.98. The van der Waals surface area contributed by atoms with Gasteiger partial charge in [-0.25, -0.2) is 4.39 Å². The highest BCUT2D eigenvalue weighted by atomic mass is 19.1. The normalized spacial score (nSPS) is 18.0. The van der Waals surface area contributed by atoms with E-state index in [0.717, 1.165) is 0 Å². The topological polar surface area (TPSA) is 55.1 Å². The molecule has 0 aromatic heterocycles. The van der Waals surface area contributed by atoms with Crippen molar-refractivity contribution in [1.29, 1.82) is 0 Å². The van der Waals surface area contributed by atoms with E-state index in [2.05, 4.69) is 5.32 Å². The molecule has 1 aromatic rings. The molecule has 0 aliphatic heterocycles. The van der Waals surface area contributed by atoms with E-state index in [-0.39, 0.29) is 17.6 Å². The lowest BCUT2D eigenvalue weighted by Gasteiger charge is -2.28. The highest BCUT2D eigenvalue weighted by molar-refractivity contribution is 5.99. The molecule has 4 heteroatoms. The third-order valence-corrected chi connectivity index (χ3v) is 3.97. The average Bonchev–Trinajstić information content (AvgIpc) is 2.39. The van der Waals surface area contributed by atoms with Gasteiger partial charge in [0.1, 0.15) is 5.82 Å². The average molecular weight is 264 g/mol. The van der Waals surface area contributed by atoms with Crippen LogP contribution in [-0.2, 0) is 0 Å². The standard InChI is InChI=1S/C15H21FN2O/c1-10(11-5-3-2-4-6-11)18-15(19)13-8-7-12(16)9-14(13)17/h7-11H,2-6,17H2,1H3,(H,18,19)/t10-/m1/s1. The lowest BCUT2D eigenvalue weighted by atomic mass is 9.84. The quantitative estimate of drug-likeness (QED) is 0.824. The zero-order valence-electron chi connectivity index (χ0n) is 11.3. The molecule has 1 amide bonds. The van der Waals surface area contributed by atoms with E-state index >= 15 is 0 Å². The number of nitrogen functional groups attached to an aromatic ring is 1. The molecule has 3 nitrogen and oxygen atoms in total. The first-order chi connectivity index (χ1) is 9.08. The minimum absolute atomic E-state index is 0.136. The van der Waals surface area contributed by atoms with E-state index in [1.54, 1.807) is 0 Å². The van der Waals surface area contributed by atoms with Crippen molar-refractivity contribution < 1.29 is 9.18 Å². The van der Waals surface area contributed by atoms with E-state index in [9.17, 15) is 9.18 Å². The van der Waals surface area contributed by atoms with E-state index in [1.165, 1.54) is 50.3 Å². The summed E-state index contributed by atoms with van der Waals surface area (Å²) in [5.41, 5.74) is 6.21. The molecule has 1 aliphatic rings. The summed E-state index contributed by atoms with van der Waals surface area (Å²) in [6.07, 6.45) is 6.11. The number of benzene rings is 1. The van der Waals surface area contributed by atoms with Crippen molar-refractivity contribution in [1.82, 2.24) is 5.32 Å². The molecule has 1 atom stereocenters. The highest BCUT2D eigenvalue weighted by Crippen LogP contribution is 2.26. The summed E-state index contributed by atoms with van der Waals surface area (Å²) in [4.78, 5) is 12.1. The van der Waals surface area contributed by atoms with E-state index in [0.29, 0.717) is 11.5 Å². The van der Waals surface area contributed by atoms with Gasteiger partial charge >= 0.3 is 0 Å². The van der Waals surface area contributed by atoms with Crippen LogP contribution < -0.4 is 11.1 Å². The number of carbonyl (C=O) groups excluding carboxylic acids is 1. The highest BCUT2D eigenvalue weighted by Gasteiger charge is 2.22. The Kier molecular flexibility index (Phi) is 4.40. The van der Waals surface area contributed by atoms with Gasteiger partial charge in [0.05, 0.1) is 5.56 Å². The Morgan fingerprint density at radius 2 is 2.05 bits per heavy atom. The second kappa shape index (κ2) is 6.04. The molecule has 0 bridgehead atoms. The van der Waals surface area contributed by atoms with E-state index in [1.807, 2.05) is 6.92 Å². The second-order valence-corrected chi connectivity index (χ2v) is 5.39. The molecule has 0 heterocycles. The van der Waals surface area contributed by atoms with Gasteiger partial charge in [-0.3, -0.25) is 4.79 Å². The number of halogens is 1. The number of amides is 1. The van der Waals surface area contributed by atoms with E-state index in [4.69, 9.17) is 5.73 Å². The lowest BCUT2D eigenvalue weighted by molar-refractivity contribution is 0.0920. The fourth-order valence-electron chi connectivity index (χ4n) is 2.78. The maximum absolute atomic E-state index is 13.0. The van der Waals surface area contributed by atoms with E-state index < -0.39 is 5.82 Å². The molecular weight excluding hydrogens is 243 g/mol. The fraction of sp³-hybridized carbons (Fsp3) is 0.533. The molecule has 3 N–H and O–H groups in total. The molecule has 2 rings (SSSR count). The Labute approximate surface area is 113 Å². The van der Waals surface area contributed by atoms with Gasteiger partial charge in [-0.2, -0.15) is 0 Å². The zero-order chi connectivity index (χ0) is 13.8. The molecule has 19 heavy (non-hydrogen) atoms. The van der Waals surface area contributed by atoms with Crippen molar-refractivity contribution in [3.63, 3.8) is 0 Å². The fourth-order valence-corrected chi connectivity index (χ4v) is 2.78. The smallest absolute Gasteiger partial charge is 0.253 e. The summed E-state index contributed by atoms with van der Waals surface area (Å²) >= 11 is 0. The number of hydrogen-bond acceptors (Lipinski definition) is 2. The number of carbonyl (C=O) groups is 1. The molecule has 104 valence electrons. The van der Waals surface area contributed by atoms with Gasteiger partial charge < -0.3 is 11.1 Å². The zero-order valence-corrected chi connectivity index (χ0v) is 11.3. The summed E-state index contributed by atoms with van der Waals surface area (Å²) in [5.74, 6) is -0.0932. The van der Waals surface area contributed by atoms with Crippen molar-refractivity contribution in [2.45, 2.75) is 45.1 Å². The van der Waals surface area contributed by atoms with Gasteiger partial charge in [0, 0.05) is 11.7 Å². The van der Waals surface area contributed by atoms with Crippen LogP contribution >= 0.6 is 0 Å². The first kappa shape index (κ1) is 13.8. The Hall–Kier alpha value is -1.58. The predicted octanol–water partition coefficient (Wildman–Crippen LogP) is 3.11. The minimum Gasteiger partial charge on any atom is -0.398 e. The van der Waals surface area contributed by atoms with Crippen molar-refractivity contribution in [2.75, 3.05) is 5.73 Å². The third kappa shape index (κ3) is 3.46. The first-order valence-electron chi connectivity index (χ1n) is 6.94. The molecule has 0 spiro atoms. The minimum atomic E-state index is -0.422. The van der Waals surface area contributed by atoms with Gasteiger partial charge in [-0.05, 0) is 43.9 Å². The molecule has 0 unspecified atom stereocenters. The first-order valence-corrected chi connectivity index (χ1v) is 6.94. The SMILES string of the molecule is C[C@@H](NC(=O)c1ccc(F)cc1N)C1CCCCC1. The summed E-state index contributed by atoms with van der Waals surface area (Å²) in [7, 11) is 0. The molecule has 0 saturated heterocycles. The summed E-state index contributed by atoms with van der Waals surface area (Å²) < 4.78 is 13.0. The number of rotatable bonds is 3. The van der Waals surface area contributed by atoms with Gasteiger partial charge in [0.2, 0.25) is 0 Å². The van der Waals surface area contributed by atoms with Crippen molar-refractivity contribution in [3.05, 3.63) is 29.6 Å². The predicted molar refractivity (Wildman–Crippen MR) is 74.3 cm³/mol. The number of hydrogen-bond donors (Lipinski definition) is 2. The van der Waals surface area contributed by atoms with Crippen LogP contribution in [0.15, 0.2) is 18.2 Å². The molecule has 1 aromatic carbocycles. The van der Waals surface area contributed by atoms with Crippen LogP contribution in [-0.4, -0.2) is 11.9 Å². The Morgan fingerprint density at radius 1 is 1.37 bits per heavy atom. The van der Waals surface area contributed by atoms with Crippen molar-refractivity contribution >= 4 is 11.6 Å². The van der Waals surface area contributed by atoms with Gasteiger partial charge in [0.25, 0.3) is 5.91 Å². The number of nitrogens with two attached hydrogens (primary N) is 1. The molecule has 1 fully saturated rings. The van der Waals surface area contributed by atoms with Crippen LogP contribution in [0.2, 0.25) is 0 Å². The molecule has 1 saturated carbocycles. The monoisotopic (exact) mass is 264 g/mol. The maximum atomic E-state index is 13.0. The van der Waals surface area contributed by atoms with Crippen LogP contribution in [0.25, 0.3) is 0 Å². The van der Waals surface area contributed by atoms with Gasteiger partial charge in [-0.15, -0.1) is 0 Å². The summed E-state index contributed by atoms with van der Waals surface area (Å²) in [6.45, 7) is 2.04. The van der Waals surface area contributed by atoms with Gasteiger partial charge in [0.15, 0.2) is 0 Å². The molecule has 1 aliphatic carbocycles. The van der Waals surface area contributed by atoms with Crippen LogP contribution in [0.1, 0.15) is 49.4 Å².